The minimum Gasteiger partial charge on any atom is -0.103 e. The van der Waals surface area contributed by atoms with Crippen LogP contribution in [0.15, 0.2) is 0 Å². The molecule has 0 aromatic heterocycles. The zero-order valence-electron chi connectivity index (χ0n) is 11.1. The molecule has 0 spiro atoms. The smallest absolute Gasteiger partial charge is 0.0114 e. The van der Waals surface area contributed by atoms with Gasteiger partial charge in [-0.15, -0.1) is 11.8 Å². The van der Waals surface area contributed by atoms with Gasteiger partial charge in [-0.25, -0.2) is 0 Å². The van der Waals surface area contributed by atoms with E-state index in [4.69, 9.17) is 0 Å². The van der Waals surface area contributed by atoms with Crippen molar-refractivity contribution in [3.63, 3.8) is 0 Å². The van der Waals surface area contributed by atoms with Crippen molar-refractivity contribution < 1.29 is 0 Å². The second-order valence-electron chi connectivity index (χ2n) is 4.68. The largest absolute Gasteiger partial charge is 0.103 e. The first-order chi connectivity index (χ1) is 7.81. The number of hydrogen-bond donors (Lipinski definition) is 0. The van der Waals surface area contributed by atoms with Crippen molar-refractivity contribution >= 4 is 0 Å². The molecule has 0 amide bonds. The normalized spacial score (nSPS) is 11.9. The highest BCUT2D eigenvalue weighted by atomic mass is 14.0. The third-order valence-electron chi connectivity index (χ3n) is 2.82. The highest BCUT2D eigenvalue weighted by Gasteiger charge is 1.98. The van der Waals surface area contributed by atoms with E-state index in [0.29, 0.717) is 0 Å². The predicted octanol–water partition coefficient (Wildman–Crippen LogP) is 5.20. The van der Waals surface area contributed by atoms with Crippen LogP contribution in [-0.4, -0.2) is 0 Å². The number of rotatable bonds is 9. The van der Waals surface area contributed by atoms with Gasteiger partial charge < -0.3 is 0 Å². The minimum atomic E-state index is 0.763. The molecular formula is C16H28. The molecular weight excluding hydrogens is 192 g/mol. The Morgan fingerprint density at radius 1 is 0.875 bits per heavy atom. The van der Waals surface area contributed by atoms with Crippen LogP contribution in [0, 0.1) is 31.6 Å². The summed E-state index contributed by atoms with van der Waals surface area (Å²) >= 11 is 0. The Balaban J connectivity index is 3.30. The molecule has 0 aliphatic rings. The van der Waals surface area contributed by atoms with Gasteiger partial charge >= 0.3 is 0 Å². The van der Waals surface area contributed by atoms with Crippen molar-refractivity contribution in [2.24, 2.45) is 5.92 Å². The van der Waals surface area contributed by atoms with Gasteiger partial charge in [0.2, 0.25) is 0 Å². The lowest BCUT2D eigenvalue weighted by atomic mass is 10.0. The van der Waals surface area contributed by atoms with E-state index in [2.05, 4.69) is 32.6 Å². The van der Waals surface area contributed by atoms with Gasteiger partial charge in [0.25, 0.3) is 0 Å². The third-order valence-corrected chi connectivity index (χ3v) is 2.82. The minimum absolute atomic E-state index is 0.763. The van der Waals surface area contributed by atoms with Gasteiger partial charge in [-0.1, -0.05) is 59.3 Å². The summed E-state index contributed by atoms with van der Waals surface area (Å²) < 4.78 is 0. The molecule has 0 N–H and O–H groups in total. The summed E-state index contributed by atoms with van der Waals surface area (Å²) in [4.78, 5) is 0. The van der Waals surface area contributed by atoms with E-state index in [9.17, 15) is 0 Å². The Bertz CT molecular complexity index is 182. The van der Waals surface area contributed by atoms with E-state index in [1.54, 1.807) is 0 Å². The standard InChI is InChI=1S/C16H28/c1-4-6-8-9-10-11-13-15-16(3)14-12-7-5-2/h16H,1-2,4-10,12,14-15H2,3H3. The van der Waals surface area contributed by atoms with E-state index in [1.807, 2.05) is 0 Å². The molecule has 0 nitrogen and oxygen atoms in total. The van der Waals surface area contributed by atoms with Crippen LogP contribution in [0.4, 0.5) is 0 Å². The van der Waals surface area contributed by atoms with Gasteiger partial charge in [0, 0.05) is 12.8 Å². The Hall–Kier alpha value is -0.440. The van der Waals surface area contributed by atoms with Crippen LogP contribution in [0.25, 0.3) is 0 Å². The van der Waals surface area contributed by atoms with Gasteiger partial charge in [0.1, 0.15) is 0 Å². The molecule has 1 unspecified atom stereocenters. The summed E-state index contributed by atoms with van der Waals surface area (Å²) in [7, 11) is 0. The van der Waals surface area contributed by atoms with Crippen molar-refractivity contribution in [1.29, 1.82) is 0 Å². The van der Waals surface area contributed by atoms with Crippen LogP contribution in [0.3, 0.4) is 0 Å². The van der Waals surface area contributed by atoms with Crippen molar-refractivity contribution in [2.75, 3.05) is 0 Å². The summed E-state index contributed by atoms with van der Waals surface area (Å²) in [5, 5.41) is 0. The first-order valence-electron chi connectivity index (χ1n) is 6.85. The second kappa shape index (κ2) is 12.6. The first kappa shape index (κ1) is 15.6. The van der Waals surface area contributed by atoms with Crippen molar-refractivity contribution in [3.05, 3.63) is 13.8 Å². The molecule has 0 rings (SSSR count). The van der Waals surface area contributed by atoms with Gasteiger partial charge in [-0.05, 0) is 18.8 Å². The maximum Gasteiger partial charge on any atom is 0.0114 e. The summed E-state index contributed by atoms with van der Waals surface area (Å²) in [6, 6.07) is 0. The first-order valence-corrected chi connectivity index (χ1v) is 6.85. The Morgan fingerprint density at radius 2 is 1.56 bits per heavy atom. The van der Waals surface area contributed by atoms with Gasteiger partial charge in [-0.2, -0.15) is 0 Å². The predicted molar refractivity (Wildman–Crippen MR) is 73.8 cm³/mol. The van der Waals surface area contributed by atoms with Crippen LogP contribution in [-0.2, 0) is 0 Å². The Morgan fingerprint density at radius 3 is 2.25 bits per heavy atom. The van der Waals surface area contributed by atoms with Crippen LogP contribution in [0.2, 0.25) is 0 Å². The topological polar surface area (TPSA) is 0 Å². The lowest BCUT2D eigenvalue weighted by molar-refractivity contribution is 0.510. The van der Waals surface area contributed by atoms with E-state index in [1.165, 1.54) is 38.5 Å². The summed E-state index contributed by atoms with van der Waals surface area (Å²) in [5.74, 6) is 7.35. The zero-order valence-corrected chi connectivity index (χ0v) is 11.1. The lowest BCUT2D eigenvalue weighted by Crippen LogP contribution is -1.92. The number of unbranched alkanes of at least 4 members (excludes halogenated alkanes) is 6. The monoisotopic (exact) mass is 220 g/mol. The molecule has 0 heteroatoms. The Kier molecular flexibility index (Phi) is 12.3. The van der Waals surface area contributed by atoms with Crippen LogP contribution >= 0.6 is 0 Å². The fraction of sp³-hybridized carbons (Fsp3) is 0.750. The molecule has 2 radical (unpaired) electrons. The van der Waals surface area contributed by atoms with E-state index in [0.717, 1.165) is 31.6 Å². The second-order valence-corrected chi connectivity index (χ2v) is 4.68. The molecule has 16 heavy (non-hydrogen) atoms. The highest BCUT2D eigenvalue weighted by Crippen LogP contribution is 2.12. The molecule has 0 aliphatic carbocycles. The van der Waals surface area contributed by atoms with Crippen molar-refractivity contribution in [3.8, 4) is 11.8 Å². The molecule has 1 atom stereocenters. The fourth-order valence-electron chi connectivity index (χ4n) is 1.67. The SMILES string of the molecule is [CH2]CCCCCC#CCC(C)CCCC[CH2]. The van der Waals surface area contributed by atoms with Gasteiger partial charge in [0.15, 0.2) is 0 Å². The van der Waals surface area contributed by atoms with Gasteiger partial charge in [0.05, 0.1) is 0 Å². The molecule has 0 bridgehead atoms. The molecule has 0 saturated carbocycles. The van der Waals surface area contributed by atoms with E-state index >= 15 is 0 Å². The summed E-state index contributed by atoms with van der Waals surface area (Å²) in [6.07, 6.45) is 12.0. The van der Waals surface area contributed by atoms with Crippen molar-refractivity contribution in [2.45, 2.75) is 71.1 Å². The molecule has 0 heterocycles. The molecule has 0 aromatic carbocycles. The van der Waals surface area contributed by atoms with Crippen LogP contribution < -0.4 is 0 Å². The van der Waals surface area contributed by atoms with E-state index in [-0.39, 0.29) is 0 Å². The molecule has 92 valence electrons. The molecule has 0 aromatic rings. The highest BCUT2D eigenvalue weighted by molar-refractivity contribution is 4.99. The van der Waals surface area contributed by atoms with Crippen LogP contribution in [0.1, 0.15) is 71.1 Å². The quantitative estimate of drug-likeness (QED) is 0.370. The number of hydrogen-bond acceptors (Lipinski definition) is 0. The average Bonchev–Trinajstić information content (AvgIpc) is 2.28. The summed E-state index contributed by atoms with van der Waals surface area (Å²) in [6.45, 7) is 10.0. The van der Waals surface area contributed by atoms with Crippen LogP contribution in [0.5, 0.6) is 0 Å². The molecule has 0 aliphatic heterocycles. The lowest BCUT2D eigenvalue weighted by Gasteiger charge is -2.05. The maximum absolute atomic E-state index is 3.86. The molecule has 0 saturated heterocycles. The maximum atomic E-state index is 3.86. The zero-order chi connectivity index (χ0) is 12.1. The van der Waals surface area contributed by atoms with E-state index < -0.39 is 0 Å². The average molecular weight is 220 g/mol. The van der Waals surface area contributed by atoms with Crippen molar-refractivity contribution in [1.82, 2.24) is 0 Å². The van der Waals surface area contributed by atoms with Gasteiger partial charge in [-0.3, -0.25) is 0 Å². The third kappa shape index (κ3) is 11.6. The molecule has 0 fully saturated rings. The fourth-order valence-corrected chi connectivity index (χ4v) is 1.67. The Labute approximate surface area is 103 Å². The summed E-state index contributed by atoms with van der Waals surface area (Å²) in [5.41, 5.74) is 0.